The molecule has 1 amide bonds. The van der Waals surface area contributed by atoms with Crippen LogP contribution in [0.25, 0.3) is 6.08 Å². The highest BCUT2D eigenvalue weighted by Crippen LogP contribution is 2.29. The van der Waals surface area contributed by atoms with Crippen LogP contribution in [0.4, 0.5) is 13.2 Å². The lowest BCUT2D eigenvalue weighted by Crippen LogP contribution is -2.28. The van der Waals surface area contributed by atoms with E-state index in [1.165, 1.54) is 24.3 Å². The van der Waals surface area contributed by atoms with Crippen molar-refractivity contribution in [2.45, 2.75) is 12.6 Å². The maximum Gasteiger partial charge on any atom is 0.416 e. The number of alkyl halides is 3. The van der Waals surface area contributed by atoms with Crippen molar-refractivity contribution in [1.82, 2.24) is 4.90 Å². The zero-order valence-corrected chi connectivity index (χ0v) is 11.4. The van der Waals surface area contributed by atoms with Crippen LogP contribution in [0, 0.1) is 5.92 Å². The summed E-state index contributed by atoms with van der Waals surface area (Å²) in [4.78, 5) is 13.6. The maximum absolute atomic E-state index is 12.4. The maximum atomic E-state index is 12.4. The molecule has 1 aromatic carbocycles. The number of carbonyl (C=O) groups is 1. The van der Waals surface area contributed by atoms with Crippen LogP contribution in [0.3, 0.4) is 0 Å². The SMILES string of the molecule is NCC1CCN(C(=O)C=Cc2ccc(C(F)(F)F)cc2)C1. The molecule has 2 N–H and O–H groups in total. The Labute approximate surface area is 121 Å². The van der Waals surface area contributed by atoms with E-state index in [4.69, 9.17) is 5.73 Å². The minimum Gasteiger partial charge on any atom is -0.339 e. The molecule has 2 rings (SSSR count). The number of halogens is 3. The Balaban J connectivity index is 1.96. The van der Waals surface area contributed by atoms with Crippen molar-refractivity contribution in [2.75, 3.05) is 19.6 Å². The highest BCUT2D eigenvalue weighted by Gasteiger charge is 2.29. The van der Waals surface area contributed by atoms with E-state index in [1.54, 1.807) is 4.90 Å². The van der Waals surface area contributed by atoms with Crippen molar-refractivity contribution >= 4 is 12.0 Å². The monoisotopic (exact) mass is 298 g/mol. The molecule has 1 atom stereocenters. The number of benzene rings is 1. The fourth-order valence-electron chi connectivity index (χ4n) is 2.28. The zero-order chi connectivity index (χ0) is 15.5. The Kier molecular flexibility index (Phi) is 4.67. The van der Waals surface area contributed by atoms with Gasteiger partial charge in [0.15, 0.2) is 0 Å². The van der Waals surface area contributed by atoms with Gasteiger partial charge in [-0.2, -0.15) is 13.2 Å². The van der Waals surface area contributed by atoms with Gasteiger partial charge < -0.3 is 10.6 Å². The molecule has 0 bridgehead atoms. The second-order valence-corrected chi connectivity index (χ2v) is 5.13. The molecule has 1 saturated heterocycles. The fraction of sp³-hybridized carbons (Fsp3) is 0.400. The number of hydrogen-bond donors (Lipinski definition) is 1. The molecule has 0 radical (unpaired) electrons. The Morgan fingerprint density at radius 3 is 2.52 bits per heavy atom. The van der Waals surface area contributed by atoms with E-state index in [1.807, 2.05) is 0 Å². The fourth-order valence-corrected chi connectivity index (χ4v) is 2.28. The first-order chi connectivity index (χ1) is 9.90. The highest BCUT2D eigenvalue weighted by atomic mass is 19.4. The third-order valence-electron chi connectivity index (χ3n) is 3.59. The van der Waals surface area contributed by atoms with Crippen LogP contribution in [-0.2, 0) is 11.0 Å². The minimum atomic E-state index is -4.34. The molecule has 0 aliphatic carbocycles. The number of hydrogen-bond acceptors (Lipinski definition) is 2. The number of amides is 1. The Bertz CT molecular complexity index is 523. The van der Waals surface area contributed by atoms with Gasteiger partial charge in [-0.25, -0.2) is 0 Å². The lowest BCUT2D eigenvalue weighted by atomic mass is 10.1. The first kappa shape index (κ1) is 15.6. The van der Waals surface area contributed by atoms with Gasteiger partial charge in [0.25, 0.3) is 0 Å². The first-order valence-electron chi connectivity index (χ1n) is 6.74. The summed E-state index contributed by atoms with van der Waals surface area (Å²) >= 11 is 0. The van der Waals surface area contributed by atoms with Gasteiger partial charge in [0.2, 0.25) is 5.91 Å². The Morgan fingerprint density at radius 2 is 2.00 bits per heavy atom. The third kappa shape index (κ3) is 4.07. The molecule has 3 nitrogen and oxygen atoms in total. The van der Waals surface area contributed by atoms with Crippen LogP contribution in [0.5, 0.6) is 0 Å². The number of likely N-dealkylation sites (tertiary alicyclic amines) is 1. The van der Waals surface area contributed by atoms with E-state index in [0.29, 0.717) is 31.1 Å². The standard InChI is InChI=1S/C15H17F3N2O/c16-15(17,18)13-4-1-11(2-5-13)3-6-14(21)20-8-7-12(9-19)10-20/h1-6,12H,7-10,19H2. The van der Waals surface area contributed by atoms with Gasteiger partial charge in [0.05, 0.1) is 5.56 Å². The van der Waals surface area contributed by atoms with Crippen LogP contribution < -0.4 is 5.73 Å². The second-order valence-electron chi connectivity index (χ2n) is 5.13. The minimum absolute atomic E-state index is 0.133. The van der Waals surface area contributed by atoms with Gasteiger partial charge in [-0.3, -0.25) is 4.79 Å². The molecule has 114 valence electrons. The summed E-state index contributed by atoms with van der Waals surface area (Å²) in [5, 5.41) is 0. The van der Waals surface area contributed by atoms with Gasteiger partial charge in [0.1, 0.15) is 0 Å². The molecule has 0 aromatic heterocycles. The average molecular weight is 298 g/mol. The smallest absolute Gasteiger partial charge is 0.339 e. The van der Waals surface area contributed by atoms with E-state index in [-0.39, 0.29) is 5.91 Å². The summed E-state index contributed by atoms with van der Waals surface area (Å²) in [5.41, 5.74) is 5.43. The van der Waals surface area contributed by atoms with Crippen molar-refractivity contribution in [3.63, 3.8) is 0 Å². The van der Waals surface area contributed by atoms with Crippen LogP contribution in [0.15, 0.2) is 30.3 Å². The second kappa shape index (κ2) is 6.30. The summed E-state index contributed by atoms with van der Waals surface area (Å²) in [6.45, 7) is 1.89. The van der Waals surface area contributed by atoms with Crippen molar-refractivity contribution in [2.24, 2.45) is 11.7 Å². The Morgan fingerprint density at radius 1 is 1.33 bits per heavy atom. The molecule has 1 unspecified atom stereocenters. The van der Waals surface area contributed by atoms with E-state index in [2.05, 4.69) is 0 Å². The molecule has 6 heteroatoms. The third-order valence-corrected chi connectivity index (χ3v) is 3.59. The average Bonchev–Trinajstić information content (AvgIpc) is 2.93. The van der Waals surface area contributed by atoms with Gasteiger partial charge >= 0.3 is 6.18 Å². The quantitative estimate of drug-likeness (QED) is 0.872. The van der Waals surface area contributed by atoms with Crippen LogP contribution in [0.1, 0.15) is 17.5 Å². The lowest BCUT2D eigenvalue weighted by Gasteiger charge is -2.13. The van der Waals surface area contributed by atoms with Crippen LogP contribution >= 0.6 is 0 Å². The number of carbonyl (C=O) groups excluding carboxylic acids is 1. The van der Waals surface area contributed by atoms with E-state index >= 15 is 0 Å². The summed E-state index contributed by atoms with van der Waals surface area (Å²) in [6.07, 6.45) is -0.527. The van der Waals surface area contributed by atoms with Gasteiger partial charge in [-0.15, -0.1) is 0 Å². The zero-order valence-electron chi connectivity index (χ0n) is 11.4. The molecular formula is C15H17F3N2O. The largest absolute Gasteiger partial charge is 0.416 e. The normalized spacial score (nSPS) is 19.4. The van der Waals surface area contributed by atoms with Crippen molar-refractivity contribution < 1.29 is 18.0 Å². The van der Waals surface area contributed by atoms with Gasteiger partial charge in [0, 0.05) is 19.2 Å². The first-order valence-corrected chi connectivity index (χ1v) is 6.74. The molecule has 0 spiro atoms. The highest BCUT2D eigenvalue weighted by molar-refractivity contribution is 5.91. The predicted octanol–water partition coefficient (Wildman–Crippen LogP) is 2.53. The van der Waals surface area contributed by atoms with E-state index < -0.39 is 11.7 Å². The summed E-state index contributed by atoms with van der Waals surface area (Å²) < 4.78 is 37.3. The van der Waals surface area contributed by atoms with Gasteiger partial charge in [-0.05, 0) is 42.7 Å². The topological polar surface area (TPSA) is 46.3 Å². The van der Waals surface area contributed by atoms with Crippen molar-refractivity contribution in [1.29, 1.82) is 0 Å². The van der Waals surface area contributed by atoms with E-state index in [0.717, 1.165) is 18.6 Å². The summed E-state index contributed by atoms with van der Waals surface area (Å²) in [6, 6.07) is 4.70. The molecule has 0 saturated carbocycles. The summed E-state index contributed by atoms with van der Waals surface area (Å²) in [5.74, 6) is 0.208. The number of rotatable bonds is 3. The molecule has 1 aliphatic heterocycles. The molecule has 1 aromatic rings. The molecule has 1 aliphatic rings. The van der Waals surface area contributed by atoms with Crippen LogP contribution in [0.2, 0.25) is 0 Å². The van der Waals surface area contributed by atoms with Crippen LogP contribution in [-0.4, -0.2) is 30.4 Å². The lowest BCUT2D eigenvalue weighted by molar-refractivity contribution is -0.137. The molecule has 1 heterocycles. The molecule has 1 fully saturated rings. The molecular weight excluding hydrogens is 281 g/mol. The Hall–Kier alpha value is -1.82. The molecule has 21 heavy (non-hydrogen) atoms. The summed E-state index contributed by atoms with van der Waals surface area (Å²) in [7, 11) is 0. The van der Waals surface area contributed by atoms with E-state index in [9.17, 15) is 18.0 Å². The van der Waals surface area contributed by atoms with Crippen molar-refractivity contribution in [3.8, 4) is 0 Å². The van der Waals surface area contributed by atoms with Crippen molar-refractivity contribution in [3.05, 3.63) is 41.5 Å². The number of nitrogens with two attached hydrogens (primary N) is 1. The van der Waals surface area contributed by atoms with Gasteiger partial charge in [-0.1, -0.05) is 12.1 Å². The predicted molar refractivity (Wildman–Crippen MR) is 74.2 cm³/mol. The number of nitrogens with zero attached hydrogens (tertiary/aromatic N) is 1.